The monoisotopic (exact) mass is 270 g/mol. The van der Waals surface area contributed by atoms with Crippen molar-refractivity contribution >= 4 is 15.9 Å². The molecule has 0 radical (unpaired) electrons. The fourth-order valence-corrected chi connectivity index (χ4v) is 2.16. The second-order valence-corrected chi connectivity index (χ2v) is 4.81. The van der Waals surface area contributed by atoms with Gasteiger partial charge < -0.3 is 10.2 Å². The van der Waals surface area contributed by atoms with Gasteiger partial charge in [0.2, 0.25) is 0 Å². The predicted molar refractivity (Wildman–Crippen MR) is 69.1 cm³/mol. The minimum absolute atomic E-state index is 0.419. The fourth-order valence-electron chi connectivity index (χ4n) is 1.60. The Morgan fingerprint density at radius 2 is 2.00 bits per heavy atom. The van der Waals surface area contributed by atoms with Gasteiger partial charge >= 0.3 is 0 Å². The molecule has 0 aliphatic heterocycles. The summed E-state index contributed by atoms with van der Waals surface area (Å²) in [6, 6.07) is 8.81. The molecule has 0 bridgehead atoms. The van der Waals surface area contributed by atoms with Gasteiger partial charge in [-0.15, -0.1) is 0 Å². The van der Waals surface area contributed by atoms with Gasteiger partial charge in [0.15, 0.2) is 0 Å². The number of benzene rings is 1. The summed E-state index contributed by atoms with van der Waals surface area (Å²) < 4.78 is 1.18. The van der Waals surface area contributed by atoms with Crippen LogP contribution in [0.5, 0.6) is 0 Å². The molecule has 15 heavy (non-hydrogen) atoms. The molecule has 1 rings (SSSR count). The van der Waals surface area contributed by atoms with Crippen molar-refractivity contribution in [3.63, 3.8) is 0 Å². The van der Waals surface area contributed by atoms with E-state index in [1.807, 2.05) is 13.1 Å². The van der Waals surface area contributed by atoms with E-state index in [-0.39, 0.29) is 0 Å². The van der Waals surface area contributed by atoms with Gasteiger partial charge in [-0.2, -0.15) is 0 Å². The highest BCUT2D eigenvalue weighted by atomic mass is 79.9. The average molecular weight is 271 g/mol. The topological polar surface area (TPSA) is 15.3 Å². The molecule has 0 spiro atoms. The van der Waals surface area contributed by atoms with E-state index >= 15 is 0 Å². The van der Waals surface area contributed by atoms with Crippen LogP contribution in [0.1, 0.15) is 18.0 Å². The molecule has 0 saturated heterocycles. The highest BCUT2D eigenvalue weighted by Gasteiger charge is 2.11. The summed E-state index contributed by atoms with van der Waals surface area (Å²) in [7, 11) is 6.22. The van der Waals surface area contributed by atoms with Gasteiger partial charge in [-0.3, -0.25) is 0 Å². The van der Waals surface area contributed by atoms with Crippen LogP contribution >= 0.6 is 15.9 Å². The normalized spacial score (nSPS) is 13.1. The minimum atomic E-state index is 0.419. The molecule has 2 nitrogen and oxygen atoms in total. The number of rotatable bonds is 5. The van der Waals surface area contributed by atoms with Gasteiger partial charge in [-0.05, 0) is 45.7 Å². The van der Waals surface area contributed by atoms with Crippen molar-refractivity contribution in [3.05, 3.63) is 34.3 Å². The number of hydrogen-bond acceptors (Lipinski definition) is 2. The van der Waals surface area contributed by atoms with E-state index < -0.39 is 0 Å². The maximum Gasteiger partial charge on any atom is 0.0340 e. The summed E-state index contributed by atoms with van der Waals surface area (Å²) in [5.74, 6) is 0. The molecular formula is C12H19BrN2. The zero-order chi connectivity index (χ0) is 11.3. The molecule has 0 amide bonds. The molecule has 1 N–H and O–H groups in total. The maximum absolute atomic E-state index is 3.59. The van der Waals surface area contributed by atoms with Gasteiger partial charge in [0.1, 0.15) is 0 Å². The first-order chi connectivity index (χ1) is 7.15. The van der Waals surface area contributed by atoms with Crippen molar-refractivity contribution in [2.45, 2.75) is 12.5 Å². The number of halogens is 1. The molecule has 0 fully saturated rings. The van der Waals surface area contributed by atoms with Crippen LogP contribution in [-0.2, 0) is 0 Å². The average Bonchev–Trinajstić information content (AvgIpc) is 2.21. The smallest absolute Gasteiger partial charge is 0.0340 e. The van der Waals surface area contributed by atoms with Crippen LogP contribution in [0.4, 0.5) is 0 Å². The maximum atomic E-state index is 3.59. The van der Waals surface area contributed by atoms with Gasteiger partial charge in [-0.25, -0.2) is 0 Å². The zero-order valence-electron chi connectivity index (χ0n) is 9.63. The predicted octanol–water partition coefficient (Wildman–Crippen LogP) is 2.66. The number of nitrogens with zero attached hydrogens (tertiary/aromatic N) is 1. The minimum Gasteiger partial charge on any atom is -0.313 e. The quantitative estimate of drug-likeness (QED) is 0.885. The lowest BCUT2D eigenvalue weighted by Gasteiger charge is -2.20. The highest BCUT2D eigenvalue weighted by molar-refractivity contribution is 9.10. The lowest BCUT2D eigenvalue weighted by atomic mass is 10.0. The summed E-state index contributed by atoms with van der Waals surface area (Å²) in [6.07, 6.45) is 1.12. The molecule has 1 aromatic carbocycles. The third-order valence-electron chi connectivity index (χ3n) is 2.49. The van der Waals surface area contributed by atoms with Crippen LogP contribution in [0.15, 0.2) is 28.7 Å². The third-order valence-corrected chi connectivity index (χ3v) is 3.22. The summed E-state index contributed by atoms with van der Waals surface area (Å²) in [6.45, 7) is 1.09. The molecule has 0 aromatic heterocycles. The molecule has 0 heterocycles. The van der Waals surface area contributed by atoms with Crippen LogP contribution in [0.25, 0.3) is 0 Å². The lowest BCUT2D eigenvalue weighted by molar-refractivity contribution is 0.368. The Balaban J connectivity index is 2.70. The SMILES string of the molecule is CNC(CCN(C)C)c1ccccc1Br. The first kappa shape index (κ1) is 12.7. The van der Waals surface area contributed by atoms with Gasteiger partial charge in [-0.1, -0.05) is 34.1 Å². The van der Waals surface area contributed by atoms with Crippen molar-refractivity contribution in [2.24, 2.45) is 0 Å². The Bertz CT molecular complexity index is 299. The fraction of sp³-hybridized carbons (Fsp3) is 0.500. The van der Waals surface area contributed by atoms with E-state index in [9.17, 15) is 0 Å². The highest BCUT2D eigenvalue weighted by Crippen LogP contribution is 2.24. The summed E-state index contributed by atoms with van der Waals surface area (Å²) in [4.78, 5) is 2.21. The van der Waals surface area contributed by atoms with Gasteiger partial charge in [0.05, 0.1) is 0 Å². The first-order valence-corrected chi connectivity index (χ1v) is 6.01. The molecule has 1 atom stereocenters. The van der Waals surface area contributed by atoms with Crippen LogP contribution in [0.2, 0.25) is 0 Å². The Morgan fingerprint density at radius 3 is 2.53 bits per heavy atom. The van der Waals surface area contributed by atoms with E-state index in [0.717, 1.165) is 13.0 Å². The zero-order valence-corrected chi connectivity index (χ0v) is 11.2. The van der Waals surface area contributed by atoms with Gasteiger partial charge in [0, 0.05) is 10.5 Å². The van der Waals surface area contributed by atoms with Crippen LogP contribution in [-0.4, -0.2) is 32.6 Å². The second kappa shape index (κ2) is 6.26. The van der Waals surface area contributed by atoms with Crippen molar-refractivity contribution < 1.29 is 0 Å². The van der Waals surface area contributed by atoms with Crippen molar-refractivity contribution in [1.29, 1.82) is 0 Å². The van der Waals surface area contributed by atoms with E-state index in [4.69, 9.17) is 0 Å². The Labute approximate surface area is 101 Å². The molecular weight excluding hydrogens is 252 g/mol. The lowest BCUT2D eigenvalue weighted by Crippen LogP contribution is -2.23. The van der Waals surface area contributed by atoms with Crippen molar-refractivity contribution in [1.82, 2.24) is 10.2 Å². The molecule has 3 heteroatoms. The largest absolute Gasteiger partial charge is 0.313 e. The summed E-state index contributed by atoms with van der Waals surface area (Å²) in [5, 5.41) is 3.36. The molecule has 0 saturated carbocycles. The molecule has 1 unspecified atom stereocenters. The molecule has 84 valence electrons. The molecule has 0 aliphatic carbocycles. The van der Waals surface area contributed by atoms with E-state index in [2.05, 4.69) is 58.4 Å². The summed E-state index contributed by atoms with van der Waals surface area (Å²) in [5.41, 5.74) is 1.34. The van der Waals surface area contributed by atoms with Crippen LogP contribution < -0.4 is 5.32 Å². The first-order valence-electron chi connectivity index (χ1n) is 5.21. The third kappa shape index (κ3) is 3.93. The standard InChI is InChI=1S/C12H19BrN2/c1-14-12(8-9-15(2)3)10-6-4-5-7-11(10)13/h4-7,12,14H,8-9H2,1-3H3. The van der Waals surface area contributed by atoms with E-state index in [1.54, 1.807) is 0 Å². The van der Waals surface area contributed by atoms with E-state index in [0.29, 0.717) is 6.04 Å². The number of nitrogens with one attached hydrogen (secondary N) is 1. The second-order valence-electron chi connectivity index (χ2n) is 3.95. The van der Waals surface area contributed by atoms with Crippen LogP contribution in [0, 0.1) is 0 Å². The number of hydrogen-bond donors (Lipinski definition) is 1. The van der Waals surface area contributed by atoms with Crippen molar-refractivity contribution in [3.8, 4) is 0 Å². The Morgan fingerprint density at radius 1 is 1.33 bits per heavy atom. The molecule has 1 aromatic rings. The van der Waals surface area contributed by atoms with Gasteiger partial charge in [0.25, 0.3) is 0 Å². The summed E-state index contributed by atoms with van der Waals surface area (Å²) >= 11 is 3.59. The van der Waals surface area contributed by atoms with E-state index in [1.165, 1.54) is 10.0 Å². The molecule has 0 aliphatic rings. The Hall–Kier alpha value is -0.380. The van der Waals surface area contributed by atoms with Crippen molar-refractivity contribution in [2.75, 3.05) is 27.7 Å². The Kier molecular flexibility index (Phi) is 5.29. The van der Waals surface area contributed by atoms with Crippen LogP contribution in [0.3, 0.4) is 0 Å².